The van der Waals surface area contributed by atoms with Crippen molar-refractivity contribution in [3.63, 3.8) is 0 Å². The Morgan fingerprint density at radius 1 is 0.964 bits per heavy atom. The van der Waals surface area contributed by atoms with Gasteiger partial charge in [-0.25, -0.2) is 0 Å². The lowest BCUT2D eigenvalue weighted by molar-refractivity contribution is -0.146. The van der Waals surface area contributed by atoms with Crippen LogP contribution in [0.2, 0.25) is 0 Å². The van der Waals surface area contributed by atoms with Gasteiger partial charge in [0.15, 0.2) is 0 Å². The number of rotatable bonds is 8. The SMILES string of the molecule is CC(C(=O)OCCC(C(O)C(C(C)C)C(C)(C)C)C(C)(C)C)c1ccccc1. The third kappa shape index (κ3) is 6.92. The average molecular weight is 391 g/mol. The molecule has 4 atom stereocenters. The second-order valence-electron chi connectivity index (χ2n) is 10.7. The van der Waals surface area contributed by atoms with Crippen LogP contribution in [0.5, 0.6) is 0 Å². The van der Waals surface area contributed by atoms with Crippen LogP contribution in [0.3, 0.4) is 0 Å². The van der Waals surface area contributed by atoms with Crippen LogP contribution in [0.15, 0.2) is 30.3 Å². The fraction of sp³-hybridized carbons (Fsp3) is 0.720. The molecule has 160 valence electrons. The molecule has 0 aromatic heterocycles. The number of esters is 1. The van der Waals surface area contributed by atoms with Crippen molar-refractivity contribution in [2.24, 2.45) is 28.6 Å². The Labute approximate surface area is 172 Å². The molecule has 0 spiro atoms. The van der Waals surface area contributed by atoms with Gasteiger partial charge < -0.3 is 9.84 Å². The van der Waals surface area contributed by atoms with E-state index in [1.54, 1.807) is 0 Å². The van der Waals surface area contributed by atoms with E-state index in [2.05, 4.69) is 55.4 Å². The zero-order chi connectivity index (χ0) is 21.7. The van der Waals surface area contributed by atoms with Crippen LogP contribution in [-0.2, 0) is 9.53 Å². The van der Waals surface area contributed by atoms with E-state index in [1.165, 1.54) is 0 Å². The maximum Gasteiger partial charge on any atom is 0.313 e. The van der Waals surface area contributed by atoms with Gasteiger partial charge in [-0.05, 0) is 47.5 Å². The molecule has 0 fully saturated rings. The highest BCUT2D eigenvalue weighted by Gasteiger charge is 2.41. The molecule has 0 aliphatic carbocycles. The van der Waals surface area contributed by atoms with Crippen molar-refractivity contribution in [1.29, 1.82) is 0 Å². The van der Waals surface area contributed by atoms with E-state index in [0.717, 1.165) is 5.56 Å². The fourth-order valence-electron chi connectivity index (χ4n) is 4.56. The Morgan fingerprint density at radius 3 is 1.93 bits per heavy atom. The molecule has 0 heterocycles. The lowest BCUT2D eigenvalue weighted by Crippen LogP contribution is -2.45. The summed E-state index contributed by atoms with van der Waals surface area (Å²) in [7, 11) is 0. The molecule has 0 amide bonds. The van der Waals surface area contributed by atoms with Crippen LogP contribution in [0.25, 0.3) is 0 Å². The highest BCUT2D eigenvalue weighted by molar-refractivity contribution is 5.77. The van der Waals surface area contributed by atoms with Gasteiger partial charge in [-0.3, -0.25) is 4.79 Å². The standard InChI is InChI=1S/C25H42O3/c1-17(2)21(25(7,8)9)22(26)20(24(4,5)6)15-16-28-23(27)18(3)19-13-11-10-12-14-19/h10-14,17-18,20-22,26H,15-16H2,1-9H3. The molecule has 1 aromatic rings. The normalized spacial score (nSPS) is 17.1. The van der Waals surface area contributed by atoms with E-state index in [9.17, 15) is 9.90 Å². The number of aliphatic hydroxyl groups is 1. The van der Waals surface area contributed by atoms with Crippen molar-refractivity contribution in [3.8, 4) is 0 Å². The highest BCUT2D eigenvalue weighted by atomic mass is 16.5. The summed E-state index contributed by atoms with van der Waals surface area (Å²) in [5.41, 5.74) is 0.901. The molecule has 1 N–H and O–H groups in total. The summed E-state index contributed by atoms with van der Waals surface area (Å²) in [6, 6.07) is 9.71. The molecule has 3 nitrogen and oxygen atoms in total. The topological polar surface area (TPSA) is 46.5 Å². The lowest BCUT2D eigenvalue weighted by Gasteiger charge is -2.45. The predicted molar refractivity (Wildman–Crippen MR) is 117 cm³/mol. The van der Waals surface area contributed by atoms with Gasteiger partial charge in [0, 0.05) is 0 Å². The van der Waals surface area contributed by atoms with Gasteiger partial charge in [-0.1, -0.05) is 85.7 Å². The average Bonchev–Trinajstić information content (AvgIpc) is 2.55. The van der Waals surface area contributed by atoms with Gasteiger partial charge in [0.05, 0.1) is 18.6 Å². The van der Waals surface area contributed by atoms with Gasteiger partial charge >= 0.3 is 5.97 Å². The number of benzene rings is 1. The van der Waals surface area contributed by atoms with Crippen molar-refractivity contribution in [2.45, 2.75) is 80.8 Å². The minimum atomic E-state index is -0.440. The summed E-state index contributed by atoms with van der Waals surface area (Å²) in [5, 5.41) is 11.3. The van der Waals surface area contributed by atoms with Gasteiger partial charge in [0.25, 0.3) is 0 Å². The second-order valence-corrected chi connectivity index (χ2v) is 10.7. The number of aliphatic hydroxyl groups excluding tert-OH is 1. The summed E-state index contributed by atoms with van der Waals surface area (Å²) in [6.45, 7) is 19.7. The summed E-state index contributed by atoms with van der Waals surface area (Å²) >= 11 is 0. The Bertz CT molecular complexity index is 592. The first-order chi connectivity index (χ1) is 12.8. The van der Waals surface area contributed by atoms with Crippen molar-refractivity contribution in [1.82, 2.24) is 0 Å². The fourth-order valence-corrected chi connectivity index (χ4v) is 4.56. The molecular formula is C25H42O3. The van der Waals surface area contributed by atoms with Crippen molar-refractivity contribution in [3.05, 3.63) is 35.9 Å². The smallest absolute Gasteiger partial charge is 0.313 e. The number of carbonyl (C=O) groups excluding carboxylic acids is 1. The third-order valence-electron chi connectivity index (χ3n) is 5.94. The summed E-state index contributed by atoms with van der Waals surface area (Å²) < 4.78 is 5.61. The largest absolute Gasteiger partial charge is 0.465 e. The molecule has 1 aromatic carbocycles. The summed E-state index contributed by atoms with van der Waals surface area (Å²) in [5.74, 6) is 0.122. The van der Waals surface area contributed by atoms with E-state index < -0.39 is 6.10 Å². The van der Waals surface area contributed by atoms with Crippen LogP contribution < -0.4 is 0 Å². The molecular weight excluding hydrogens is 348 g/mol. The molecule has 4 unspecified atom stereocenters. The van der Waals surface area contributed by atoms with Gasteiger partial charge in [0.2, 0.25) is 0 Å². The maximum atomic E-state index is 12.5. The first-order valence-electron chi connectivity index (χ1n) is 10.7. The van der Waals surface area contributed by atoms with E-state index in [4.69, 9.17) is 4.74 Å². The summed E-state index contributed by atoms with van der Waals surface area (Å²) in [6.07, 6.45) is 0.224. The molecule has 1 rings (SSSR count). The Morgan fingerprint density at radius 2 is 1.50 bits per heavy atom. The van der Waals surface area contributed by atoms with Crippen molar-refractivity contribution in [2.75, 3.05) is 6.61 Å². The number of hydrogen-bond donors (Lipinski definition) is 1. The minimum Gasteiger partial charge on any atom is -0.465 e. The van der Waals surface area contributed by atoms with Crippen LogP contribution in [0.1, 0.15) is 80.2 Å². The van der Waals surface area contributed by atoms with E-state index >= 15 is 0 Å². The van der Waals surface area contributed by atoms with E-state index in [0.29, 0.717) is 18.9 Å². The van der Waals surface area contributed by atoms with Gasteiger partial charge in [-0.15, -0.1) is 0 Å². The van der Waals surface area contributed by atoms with Crippen LogP contribution in [-0.4, -0.2) is 23.8 Å². The molecule has 0 saturated heterocycles. The number of hydrogen-bond acceptors (Lipinski definition) is 3. The van der Waals surface area contributed by atoms with Crippen LogP contribution in [0, 0.1) is 28.6 Å². The molecule has 28 heavy (non-hydrogen) atoms. The number of ether oxygens (including phenoxy) is 1. The van der Waals surface area contributed by atoms with E-state index in [1.807, 2.05) is 37.3 Å². The molecule has 0 radical (unpaired) electrons. The first-order valence-corrected chi connectivity index (χ1v) is 10.7. The van der Waals surface area contributed by atoms with Crippen LogP contribution >= 0.6 is 0 Å². The molecule has 0 aliphatic rings. The van der Waals surface area contributed by atoms with Gasteiger partial charge in [-0.2, -0.15) is 0 Å². The molecule has 0 bridgehead atoms. The third-order valence-corrected chi connectivity index (χ3v) is 5.94. The zero-order valence-corrected chi connectivity index (χ0v) is 19.5. The van der Waals surface area contributed by atoms with Gasteiger partial charge in [0.1, 0.15) is 0 Å². The Hall–Kier alpha value is -1.35. The molecule has 0 aliphatic heterocycles. The zero-order valence-electron chi connectivity index (χ0n) is 19.5. The molecule has 0 saturated carbocycles. The molecule has 3 heteroatoms. The minimum absolute atomic E-state index is 0.00951. The quantitative estimate of drug-likeness (QED) is 0.548. The highest BCUT2D eigenvalue weighted by Crippen LogP contribution is 2.43. The second kappa shape index (κ2) is 9.91. The lowest BCUT2D eigenvalue weighted by atomic mass is 9.63. The van der Waals surface area contributed by atoms with Crippen molar-refractivity contribution < 1.29 is 14.6 Å². The first kappa shape index (κ1) is 24.7. The predicted octanol–water partition coefficient (Wildman–Crippen LogP) is 6.06. The number of carbonyl (C=O) groups is 1. The monoisotopic (exact) mass is 390 g/mol. The summed E-state index contributed by atoms with van der Waals surface area (Å²) in [4.78, 5) is 12.5. The van der Waals surface area contributed by atoms with E-state index in [-0.39, 0.29) is 34.6 Å². The Kier molecular flexibility index (Phi) is 8.74. The maximum absolute atomic E-state index is 12.5. The van der Waals surface area contributed by atoms with Crippen molar-refractivity contribution >= 4 is 5.97 Å². The van der Waals surface area contributed by atoms with Crippen LogP contribution in [0.4, 0.5) is 0 Å². The Balaban J connectivity index is 2.81.